The minimum absolute atomic E-state index is 0.130. The summed E-state index contributed by atoms with van der Waals surface area (Å²) in [5.41, 5.74) is -0.190. The number of rotatable bonds is 4. The number of pyridine rings is 1. The first kappa shape index (κ1) is 13.3. The number of methoxy groups -OCH3 is 1. The van der Waals surface area contributed by atoms with Crippen LogP contribution in [0.2, 0.25) is 0 Å². The van der Waals surface area contributed by atoms with Crippen molar-refractivity contribution in [1.29, 1.82) is 0 Å². The Hall–Kier alpha value is -2.15. The standard InChI is InChI=1S/C12H9BrN2O4/c1-18-8-2-3-11(9(13)6-8)19-12-4-5-14-7-10(12)15(16)17/h2-7H,1H3. The van der Waals surface area contributed by atoms with E-state index in [1.807, 2.05) is 0 Å². The van der Waals surface area contributed by atoms with E-state index in [4.69, 9.17) is 9.47 Å². The van der Waals surface area contributed by atoms with E-state index in [1.54, 1.807) is 25.3 Å². The average Bonchev–Trinajstić information content (AvgIpc) is 2.41. The first-order chi connectivity index (χ1) is 9.11. The Morgan fingerprint density at radius 1 is 1.32 bits per heavy atom. The fraction of sp³-hybridized carbons (Fsp3) is 0.0833. The Morgan fingerprint density at radius 3 is 2.74 bits per heavy atom. The zero-order valence-corrected chi connectivity index (χ0v) is 11.5. The lowest BCUT2D eigenvalue weighted by Crippen LogP contribution is -1.94. The van der Waals surface area contributed by atoms with E-state index in [2.05, 4.69) is 20.9 Å². The predicted octanol–water partition coefficient (Wildman–Crippen LogP) is 3.55. The molecule has 1 aromatic heterocycles. The smallest absolute Gasteiger partial charge is 0.329 e. The highest BCUT2D eigenvalue weighted by atomic mass is 79.9. The van der Waals surface area contributed by atoms with Crippen LogP contribution < -0.4 is 9.47 Å². The average molecular weight is 325 g/mol. The number of benzene rings is 1. The molecule has 0 atom stereocenters. The van der Waals surface area contributed by atoms with Crippen LogP contribution in [0.25, 0.3) is 0 Å². The lowest BCUT2D eigenvalue weighted by molar-refractivity contribution is -0.386. The number of aromatic nitrogens is 1. The molecule has 0 aliphatic carbocycles. The molecular formula is C12H9BrN2O4. The first-order valence-corrected chi connectivity index (χ1v) is 6.01. The van der Waals surface area contributed by atoms with Crippen molar-refractivity contribution in [3.8, 4) is 17.2 Å². The summed E-state index contributed by atoms with van der Waals surface area (Å²) in [6, 6.07) is 6.51. The summed E-state index contributed by atoms with van der Waals surface area (Å²) in [6.45, 7) is 0. The van der Waals surface area contributed by atoms with Crippen LogP contribution in [0.4, 0.5) is 5.69 Å². The minimum Gasteiger partial charge on any atom is -0.497 e. The number of nitrogens with zero attached hydrogens (tertiary/aromatic N) is 2. The van der Waals surface area contributed by atoms with Crippen molar-refractivity contribution in [2.45, 2.75) is 0 Å². The van der Waals surface area contributed by atoms with Gasteiger partial charge in [0.05, 0.1) is 16.5 Å². The van der Waals surface area contributed by atoms with E-state index in [9.17, 15) is 10.1 Å². The molecule has 19 heavy (non-hydrogen) atoms. The van der Waals surface area contributed by atoms with Gasteiger partial charge in [-0.2, -0.15) is 0 Å². The van der Waals surface area contributed by atoms with Crippen molar-refractivity contribution in [2.24, 2.45) is 0 Å². The van der Waals surface area contributed by atoms with Crippen LogP contribution in [-0.4, -0.2) is 17.0 Å². The lowest BCUT2D eigenvalue weighted by Gasteiger charge is -2.08. The maximum atomic E-state index is 10.9. The lowest BCUT2D eigenvalue weighted by atomic mass is 10.3. The molecule has 98 valence electrons. The Labute approximate surface area is 117 Å². The molecule has 0 fully saturated rings. The molecule has 7 heteroatoms. The van der Waals surface area contributed by atoms with Crippen molar-refractivity contribution in [1.82, 2.24) is 4.98 Å². The van der Waals surface area contributed by atoms with Crippen LogP contribution in [0.15, 0.2) is 41.1 Å². The molecule has 0 amide bonds. The van der Waals surface area contributed by atoms with Crippen LogP contribution in [0.5, 0.6) is 17.2 Å². The summed E-state index contributed by atoms with van der Waals surface area (Å²) in [6.07, 6.45) is 2.58. The van der Waals surface area contributed by atoms with Gasteiger partial charge in [-0.1, -0.05) is 0 Å². The van der Waals surface area contributed by atoms with Gasteiger partial charge in [-0.05, 0) is 34.1 Å². The highest BCUT2D eigenvalue weighted by molar-refractivity contribution is 9.10. The highest BCUT2D eigenvalue weighted by Gasteiger charge is 2.16. The molecule has 1 heterocycles. The number of nitro groups is 1. The molecule has 0 radical (unpaired) electrons. The topological polar surface area (TPSA) is 74.5 Å². The van der Waals surface area contributed by atoms with Crippen LogP contribution >= 0.6 is 15.9 Å². The van der Waals surface area contributed by atoms with E-state index in [0.717, 1.165) is 6.20 Å². The van der Waals surface area contributed by atoms with E-state index < -0.39 is 4.92 Å². The largest absolute Gasteiger partial charge is 0.497 e. The third-order valence-corrected chi connectivity index (χ3v) is 2.94. The van der Waals surface area contributed by atoms with E-state index in [-0.39, 0.29) is 11.4 Å². The molecule has 0 aliphatic rings. The Bertz CT molecular complexity index is 618. The normalized spacial score (nSPS) is 10.0. The van der Waals surface area contributed by atoms with Gasteiger partial charge in [0.2, 0.25) is 5.75 Å². The van der Waals surface area contributed by atoms with Crippen LogP contribution in [0.1, 0.15) is 0 Å². The van der Waals surface area contributed by atoms with E-state index >= 15 is 0 Å². The zero-order valence-electron chi connectivity index (χ0n) is 9.87. The van der Waals surface area contributed by atoms with Gasteiger partial charge >= 0.3 is 5.69 Å². The summed E-state index contributed by atoms with van der Waals surface area (Å²) in [5.74, 6) is 1.24. The Morgan fingerprint density at radius 2 is 2.11 bits per heavy atom. The van der Waals surface area contributed by atoms with Crippen molar-refractivity contribution < 1.29 is 14.4 Å². The van der Waals surface area contributed by atoms with E-state index in [1.165, 1.54) is 12.3 Å². The molecule has 0 aliphatic heterocycles. The second-order valence-electron chi connectivity index (χ2n) is 3.50. The summed E-state index contributed by atoms with van der Waals surface area (Å²) in [5, 5.41) is 10.9. The molecule has 0 saturated heterocycles. The van der Waals surface area contributed by atoms with Gasteiger partial charge in [0, 0.05) is 12.3 Å². The molecule has 0 N–H and O–H groups in total. The quantitative estimate of drug-likeness (QED) is 0.635. The van der Waals surface area contributed by atoms with Crippen molar-refractivity contribution in [3.05, 3.63) is 51.2 Å². The van der Waals surface area contributed by atoms with Gasteiger partial charge < -0.3 is 9.47 Å². The van der Waals surface area contributed by atoms with Crippen LogP contribution in [-0.2, 0) is 0 Å². The summed E-state index contributed by atoms with van der Waals surface area (Å²) in [4.78, 5) is 14.0. The molecule has 2 rings (SSSR count). The minimum atomic E-state index is -0.542. The fourth-order valence-corrected chi connectivity index (χ4v) is 1.85. The SMILES string of the molecule is COc1ccc(Oc2ccncc2[N+](=O)[O-])c(Br)c1. The second kappa shape index (κ2) is 5.66. The summed E-state index contributed by atoms with van der Waals surface area (Å²) >= 11 is 3.32. The van der Waals surface area contributed by atoms with Gasteiger partial charge in [0.25, 0.3) is 0 Å². The molecule has 0 saturated carbocycles. The third kappa shape index (κ3) is 3.00. The van der Waals surface area contributed by atoms with Crippen LogP contribution in [0.3, 0.4) is 0 Å². The molecular weight excluding hydrogens is 316 g/mol. The van der Waals surface area contributed by atoms with Gasteiger partial charge in [-0.3, -0.25) is 15.1 Å². The first-order valence-electron chi connectivity index (χ1n) is 5.21. The van der Waals surface area contributed by atoms with Crippen molar-refractivity contribution >= 4 is 21.6 Å². The second-order valence-corrected chi connectivity index (χ2v) is 4.35. The fourth-order valence-electron chi connectivity index (χ4n) is 1.41. The monoisotopic (exact) mass is 324 g/mol. The summed E-state index contributed by atoms with van der Waals surface area (Å²) in [7, 11) is 1.55. The van der Waals surface area contributed by atoms with Gasteiger partial charge in [0.1, 0.15) is 17.7 Å². The molecule has 0 bridgehead atoms. The molecule has 2 aromatic rings. The summed E-state index contributed by atoms with van der Waals surface area (Å²) < 4.78 is 11.2. The Kier molecular flexibility index (Phi) is 3.96. The molecule has 6 nitrogen and oxygen atoms in total. The Balaban J connectivity index is 2.34. The van der Waals surface area contributed by atoms with E-state index in [0.29, 0.717) is 16.0 Å². The van der Waals surface area contributed by atoms with Crippen LogP contribution in [0, 0.1) is 10.1 Å². The third-order valence-electron chi connectivity index (χ3n) is 2.32. The molecule has 1 aromatic carbocycles. The highest BCUT2D eigenvalue weighted by Crippen LogP contribution is 2.35. The van der Waals surface area contributed by atoms with Crippen molar-refractivity contribution in [2.75, 3.05) is 7.11 Å². The number of ether oxygens (including phenoxy) is 2. The van der Waals surface area contributed by atoms with Gasteiger partial charge in [-0.25, -0.2) is 0 Å². The maximum absolute atomic E-state index is 10.9. The predicted molar refractivity (Wildman–Crippen MR) is 71.7 cm³/mol. The number of halogens is 1. The number of hydrogen-bond acceptors (Lipinski definition) is 5. The maximum Gasteiger partial charge on any atom is 0.329 e. The van der Waals surface area contributed by atoms with Crippen molar-refractivity contribution in [3.63, 3.8) is 0 Å². The zero-order chi connectivity index (χ0) is 13.8. The number of hydrogen-bond donors (Lipinski definition) is 0. The molecule has 0 unspecified atom stereocenters. The van der Waals surface area contributed by atoms with Gasteiger partial charge in [-0.15, -0.1) is 0 Å². The molecule has 0 spiro atoms. The van der Waals surface area contributed by atoms with Gasteiger partial charge in [0.15, 0.2) is 0 Å².